The molecule has 0 spiro atoms. The Hall–Kier alpha value is -1.76. The average molecular weight is 253 g/mol. The molecule has 1 N–H and O–H groups in total. The molecule has 0 saturated heterocycles. The van der Waals surface area contributed by atoms with Gasteiger partial charge < -0.3 is 5.32 Å². The van der Waals surface area contributed by atoms with Crippen LogP contribution in [0.5, 0.6) is 0 Å². The summed E-state index contributed by atoms with van der Waals surface area (Å²) in [6, 6.07) is 17.6. The van der Waals surface area contributed by atoms with Gasteiger partial charge in [-0.3, -0.25) is 0 Å². The second kappa shape index (κ2) is 6.42. The zero-order valence-corrected chi connectivity index (χ0v) is 12.1. The van der Waals surface area contributed by atoms with Crippen LogP contribution in [0, 0.1) is 0 Å². The van der Waals surface area contributed by atoms with E-state index in [1.807, 2.05) is 7.05 Å². The van der Waals surface area contributed by atoms with Gasteiger partial charge >= 0.3 is 0 Å². The Morgan fingerprint density at radius 1 is 1.00 bits per heavy atom. The summed E-state index contributed by atoms with van der Waals surface area (Å²) in [4.78, 5) is 0. The van der Waals surface area contributed by atoms with Crippen LogP contribution in [0.15, 0.2) is 48.5 Å². The lowest BCUT2D eigenvalue weighted by atomic mass is 9.96. The maximum Gasteiger partial charge on any atom is 0.0340 e. The van der Waals surface area contributed by atoms with Crippen LogP contribution in [0.25, 0.3) is 0 Å². The number of anilines is 1. The average Bonchev–Trinajstić information content (AvgIpc) is 2.47. The van der Waals surface area contributed by atoms with Crippen LogP contribution >= 0.6 is 0 Å². The molecule has 0 aromatic heterocycles. The molecule has 0 saturated carbocycles. The Kier molecular flexibility index (Phi) is 4.62. The molecular formula is C18H23N. The molecule has 1 heteroatoms. The highest BCUT2D eigenvalue weighted by atomic mass is 14.8. The van der Waals surface area contributed by atoms with E-state index in [0.717, 1.165) is 6.42 Å². The van der Waals surface area contributed by atoms with E-state index in [4.69, 9.17) is 0 Å². The second-order valence-corrected chi connectivity index (χ2v) is 5.18. The van der Waals surface area contributed by atoms with E-state index in [1.165, 1.54) is 28.8 Å². The SMILES string of the molecule is CCC(C)c1ccc(Cc2cccc(NC)c2)cc1. The van der Waals surface area contributed by atoms with Gasteiger partial charge in [-0.05, 0) is 47.6 Å². The maximum absolute atomic E-state index is 3.18. The molecule has 0 aliphatic rings. The summed E-state index contributed by atoms with van der Waals surface area (Å²) in [5, 5.41) is 3.18. The first-order valence-electron chi connectivity index (χ1n) is 7.08. The predicted octanol–water partition coefficient (Wildman–Crippen LogP) is 4.83. The molecule has 0 bridgehead atoms. The van der Waals surface area contributed by atoms with Crippen molar-refractivity contribution >= 4 is 5.69 Å². The Bertz CT molecular complexity index is 513. The van der Waals surface area contributed by atoms with Crippen molar-refractivity contribution in [3.8, 4) is 0 Å². The van der Waals surface area contributed by atoms with E-state index < -0.39 is 0 Å². The minimum atomic E-state index is 0.654. The van der Waals surface area contributed by atoms with Crippen LogP contribution in [-0.4, -0.2) is 7.05 Å². The van der Waals surface area contributed by atoms with Gasteiger partial charge in [-0.15, -0.1) is 0 Å². The quantitative estimate of drug-likeness (QED) is 0.804. The Morgan fingerprint density at radius 2 is 1.74 bits per heavy atom. The Morgan fingerprint density at radius 3 is 2.37 bits per heavy atom. The third-order valence-corrected chi connectivity index (χ3v) is 3.79. The first kappa shape index (κ1) is 13.7. The van der Waals surface area contributed by atoms with Gasteiger partial charge in [0.15, 0.2) is 0 Å². The van der Waals surface area contributed by atoms with Gasteiger partial charge in [0.2, 0.25) is 0 Å². The van der Waals surface area contributed by atoms with Gasteiger partial charge in [0.25, 0.3) is 0 Å². The van der Waals surface area contributed by atoms with Crippen molar-refractivity contribution in [1.82, 2.24) is 0 Å². The maximum atomic E-state index is 3.18. The zero-order valence-electron chi connectivity index (χ0n) is 12.1. The molecule has 2 aromatic rings. The molecule has 0 radical (unpaired) electrons. The van der Waals surface area contributed by atoms with Gasteiger partial charge in [0.1, 0.15) is 0 Å². The van der Waals surface area contributed by atoms with Crippen molar-refractivity contribution in [2.75, 3.05) is 12.4 Å². The highest BCUT2D eigenvalue weighted by Gasteiger charge is 2.03. The summed E-state index contributed by atoms with van der Waals surface area (Å²) in [5.41, 5.74) is 5.34. The number of hydrogen-bond acceptors (Lipinski definition) is 1. The first-order valence-corrected chi connectivity index (χ1v) is 7.08. The zero-order chi connectivity index (χ0) is 13.7. The van der Waals surface area contributed by atoms with Crippen LogP contribution in [0.3, 0.4) is 0 Å². The number of nitrogens with one attached hydrogen (secondary N) is 1. The largest absolute Gasteiger partial charge is 0.388 e. The van der Waals surface area contributed by atoms with Crippen LogP contribution in [0.4, 0.5) is 5.69 Å². The number of benzene rings is 2. The van der Waals surface area contributed by atoms with E-state index >= 15 is 0 Å². The third-order valence-electron chi connectivity index (χ3n) is 3.79. The molecule has 0 fully saturated rings. The van der Waals surface area contributed by atoms with Crippen molar-refractivity contribution in [3.05, 3.63) is 65.2 Å². The lowest BCUT2D eigenvalue weighted by molar-refractivity contribution is 0.733. The summed E-state index contributed by atoms with van der Waals surface area (Å²) in [6.45, 7) is 4.52. The molecule has 1 unspecified atom stereocenters. The highest BCUT2D eigenvalue weighted by molar-refractivity contribution is 5.46. The lowest BCUT2D eigenvalue weighted by Crippen LogP contribution is -1.94. The van der Waals surface area contributed by atoms with Crippen molar-refractivity contribution in [2.24, 2.45) is 0 Å². The van der Waals surface area contributed by atoms with E-state index in [9.17, 15) is 0 Å². The predicted molar refractivity (Wildman–Crippen MR) is 83.9 cm³/mol. The first-order chi connectivity index (χ1) is 9.22. The molecule has 0 aliphatic carbocycles. The molecule has 2 aromatic carbocycles. The molecule has 2 rings (SSSR count). The van der Waals surface area contributed by atoms with Gasteiger partial charge in [0, 0.05) is 12.7 Å². The van der Waals surface area contributed by atoms with Crippen molar-refractivity contribution in [1.29, 1.82) is 0 Å². The van der Waals surface area contributed by atoms with Gasteiger partial charge in [-0.2, -0.15) is 0 Å². The molecular weight excluding hydrogens is 230 g/mol. The summed E-state index contributed by atoms with van der Waals surface area (Å²) >= 11 is 0. The highest BCUT2D eigenvalue weighted by Crippen LogP contribution is 2.20. The molecule has 0 heterocycles. The van der Waals surface area contributed by atoms with Crippen molar-refractivity contribution < 1.29 is 0 Å². The molecule has 19 heavy (non-hydrogen) atoms. The van der Waals surface area contributed by atoms with Crippen molar-refractivity contribution in [3.63, 3.8) is 0 Å². The van der Waals surface area contributed by atoms with Crippen molar-refractivity contribution in [2.45, 2.75) is 32.6 Å². The van der Waals surface area contributed by atoms with Crippen LogP contribution in [0.2, 0.25) is 0 Å². The smallest absolute Gasteiger partial charge is 0.0340 e. The van der Waals surface area contributed by atoms with Crippen LogP contribution in [-0.2, 0) is 6.42 Å². The lowest BCUT2D eigenvalue weighted by Gasteiger charge is -2.10. The van der Waals surface area contributed by atoms with E-state index in [0.29, 0.717) is 5.92 Å². The van der Waals surface area contributed by atoms with Crippen LogP contribution < -0.4 is 5.32 Å². The molecule has 1 atom stereocenters. The van der Waals surface area contributed by atoms with Gasteiger partial charge in [0.05, 0.1) is 0 Å². The number of rotatable bonds is 5. The van der Waals surface area contributed by atoms with E-state index in [1.54, 1.807) is 0 Å². The summed E-state index contributed by atoms with van der Waals surface area (Å²) in [5.74, 6) is 0.654. The molecule has 0 aliphatic heterocycles. The third kappa shape index (κ3) is 3.60. The summed E-state index contributed by atoms with van der Waals surface area (Å²) < 4.78 is 0. The fraction of sp³-hybridized carbons (Fsp3) is 0.333. The normalized spacial score (nSPS) is 12.2. The van der Waals surface area contributed by atoms with Gasteiger partial charge in [-0.25, -0.2) is 0 Å². The summed E-state index contributed by atoms with van der Waals surface area (Å²) in [7, 11) is 1.96. The second-order valence-electron chi connectivity index (χ2n) is 5.18. The topological polar surface area (TPSA) is 12.0 Å². The fourth-order valence-corrected chi connectivity index (χ4v) is 2.27. The molecule has 0 amide bonds. The Labute approximate surface area is 116 Å². The van der Waals surface area contributed by atoms with E-state index in [2.05, 4.69) is 67.7 Å². The number of hydrogen-bond donors (Lipinski definition) is 1. The minimum Gasteiger partial charge on any atom is -0.388 e. The monoisotopic (exact) mass is 253 g/mol. The fourth-order valence-electron chi connectivity index (χ4n) is 2.27. The van der Waals surface area contributed by atoms with Crippen LogP contribution in [0.1, 0.15) is 42.9 Å². The van der Waals surface area contributed by atoms with Gasteiger partial charge in [-0.1, -0.05) is 50.2 Å². The molecule has 100 valence electrons. The van der Waals surface area contributed by atoms with E-state index in [-0.39, 0.29) is 0 Å². The Balaban J connectivity index is 2.10. The standard InChI is InChI=1S/C18H23N/c1-4-14(2)17-10-8-15(9-11-17)12-16-6-5-7-18(13-16)19-3/h5-11,13-14,19H,4,12H2,1-3H3. The minimum absolute atomic E-state index is 0.654. The molecule has 1 nitrogen and oxygen atoms in total. The summed E-state index contributed by atoms with van der Waals surface area (Å²) in [6.07, 6.45) is 2.19.